The SMILES string of the molecule is [C-]#[N+]c1cnc2c(Nc3ccc(C(=O)N4CCCC4)c(OC(C)C)n3)cc(Cl)nn12. The van der Waals surface area contributed by atoms with E-state index in [-0.39, 0.29) is 28.9 Å². The largest absolute Gasteiger partial charge is 0.474 e. The lowest BCUT2D eigenvalue weighted by molar-refractivity contribution is 0.0785. The molecule has 0 spiro atoms. The van der Waals surface area contributed by atoms with Gasteiger partial charge in [0.05, 0.1) is 12.3 Å². The molecule has 154 valence electrons. The maximum Gasteiger partial charge on any atom is 0.275 e. The molecule has 30 heavy (non-hydrogen) atoms. The summed E-state index contributed by atoms with van der Waals surface area (Å²) in [4.78, 5) is 26.9. The molecule has 4 rings (SSSR count). The monoisotopic (exact) mass is 425 g/mol. The molecule has 0 bridgehead atoms. The van der Waals surface area contributed by atoms with Crippen LogP contribution in [-0.4, -0.2) is 49.6 Å². The van der Waals surface area contributed by atoms with Gasteiger partial charge in [0.15, 0.2) is 5.15 Å². The van der Waals surface area contributed by atoms with Crippen molar-refractivity contribution >= 4 is 40.5 Å². The molecule has 9 nitrogen and oxygen atoms in total. The first-order valence-electron chi connectivity index (χ1n) is 9.62. The van der Waals surface area contributed by atoms with E-state index in [1.54, 1.807) is 18.2 Å². The Labute approximate surface area is 178 Å². The van der Waals surface area contributed by atoms with Gasteiger partial charge in [-0.2, -0.15) is 4.98 Å². The first-order chi connectivity index (χ1) is 14.5. The molecule has 10 heteroatoms. The number of carbonyl (C=O) groups excluding carboxylic acids is 1. The zero-order chi connectivity index (χ0) is 21.3. The maximum absolute atomic E-state index is 12.9. The van der Waals surface area contributed by atoms with E-state index in [0.29, 0.717) is 22.7 Å². The van der Waals surface area contributed by atoms with E-state index in [4.69, 9.17) is 22.9 Å². The van der Waals surface area contributed by atoms with E-state index in [2.05, 4.69) is 25.2 Å². The number of halogens is 1. The molecule has 3 aromatic heterocycles. The average molecular weight is 426 g/mol. The number of carbonyl (C=O) groups is 1. The van der Waals surface area contributed by atoms with Gasteiger partial charge in [0.2, 0.25) is 5.88 Å². The van der Waals surface area contributed by atoms with Crippen molar-refractivity contribution in [2.24, 2.45) is 0 Å². The molecular weight excluding hydrogens is 406 g/mol. The van der Waals surface area contributed by atoms with Crippen molar-refractivity contribution in [2.75, 3.05) is 18.4 Å². The van der Waals surface area contributed by atoms with Gasteiger partial charge in [0, 0.05) is 19.2 Å². The van der Waals surface area contributed by atoms with Gasteiger partial charge >= 0.3 is 0 Å². The topological polar surface area (TPSA) is 89.0 Å². The van der Waals surface area contributed by atoms with Crippen molar-refractivity contribution in [1.29, 1.82) is 0 Å². The molecule has 3 aromatic rings. The molecule has 0 aliphatic carbocycles. The van der Waals surface area contributed by atoms with Crippen LogP contribution in [0.2, 0.25) is 5.15 Å². The third kappa shape index (κ3) is 3.86. The minimum Gasteiger partial charge on any atom is -0.474 e. The van der Waals surface area contributed by atoms with Gasteiger partial charge in [-0.25, -0.2) is 4.98 Å². The smallest absolute Gasteiger partial charge is 0.275 e. The Hall–Kier alpha value is -3.38. The Morgan fingerprint density at radius 2 is 2.10 bits per heavy atom. The van der Waals surface area contributed by atoms with Crippen molar-refractivity contribution in [2.45, 2.75) is 32.8 Å². The van der Waals surface area contributed by atoms with E-state index in [0.717, 1.165) is 25.9 Å². The highest BCUT2D eigenvalue weighted by Gasteiger charge is 2.24. The molecule has 1 fully saturated rings. The van der Waals surface area contributed by atoms with Crippen LogP contribution in [0.3, 0.4) is 0 Å². The van der Waals surface area contributed by atoms with E-state index < -0.39 is 0 Å². The third-order valence-electron chi connectivity index (χ3n) is 4.63. The molecule has 4 heterocycles. The Kier molecular flexibility index (Phi) is 5.42. The lowest BCUT2D eigenvalue weighted by Crippen LogP contribution is -2.28. The van der Waals surface area contributed by atoms with Crippen molar-refractivity contribution < 1.29 is 9.53 Å². The minimum absolute atomic E-state index is 0.0773. The van der Waals surface area contributed by atoms with Gasteiger partial charge in [0.25, 0.3) is 17.4 Å². The van der Waals surface area contributed by atoms with Crippen LogP contribution in [0.1, 0.15) is 37.0 Å². The zero-order valence-corrected chi connectivity index (χ0v) is 17.3. The maximum atomic E-state index is 12.9. The van der Waals surface area contributed by atoms with Crippen LogP contribution in [0.5, 0.6) is 5.88 Å². The fraction of sp³-hybridized carbons (Fsp3) is 0.350. The summed E-state index contributed by atoms with van der Waals surface area (Å²) in [6, 6.07) is 5.02. The van der Waals surface area contributed by atoms with Crippen LogP contribution in [0, 0.1) is 6.57 Å². The number of imidazole rings is 1. The highest BCUT2D eigenvalue weighted by Crippen LogP contribution is 2.29. The van der Waals surface area contributed by atoms with Crippen LogP contribution >= 0.6 is 11.6 Å². The Morgan fingerprint density at radius 1 is 1.33 bits per heavy atom. The highest BCUT2D eigenvalue weighted by atomic mass is 35.5. The average Bonchev–Trinajstić information content (AvgIpc) is 3.37. The number of nitrogens with one attached hydrogen (secondary N) is 1. The number of fused-ring (bicyclic) bond motifs is 1. The first kappa shape index (κ1) is 19.9. The highest BCUT2D eigenvalue weighted by molar-refractivity contribution is 6.29. The number of hydrogen-bond acceptors (Lipinski definition) is 6. The van der Waals surface area contributed by atoms with Gasteiger partial charge < -0.3 is 19.8 Å². The molecule has 0 saturated carbocycles. The normalized spacial score (nSPS) is 13.6. The standard InChI is InChI=1S/C20H20ClN7O2/c1-12(2)30-19-13(20(29)27-8-4-5-9-27)6-7-16(25-19)24-14-10-15(21)26-28-17(22-3)11-23-18(14)28/h6-7,10-12H,4-5,8-9H2,1-2H3,(H,24,25). The molecule has 0 unspecified atom stereocenters. The van der Waals surface area contributed by atoms with Crippen LogP contribution in [-0.2, 0) is 0 Å². The van der Waals surface area contributed by atoms with Crippen molar-refractivity contribution in [3.05, 3.63) is 46.5 Å². The lowest BCUT2D eigenvalue weighted by Gasteiger charge is -2.19. The number of nitrogens with zero attached hydrogens (tertiary/aromatic N) is 6. The second-order valence-corrected chi connectivity index (χ2v) is 7.57. The summed E-state index contributed by atoms with van der Waals surface area (Å²) in [6.07, 6.45) is 3.30. The Balaban J connectivity index is 1.70. The third-order valence-corrected chi connectivity index (χ3v) is 4.81. The van der Waals surface area contributed by atoms with Gasteiger partial charge in [0.1, 0.15) is 17.1 Å². The van der Waals surface area contributed by atoms with Gasteiger partial charge in [-0.15, -0.1) is 4.52 Å². The second-order valence-electron chi connectivity index (χ2n) is 7.18. The fourth-order valence-electron chi connectivity index (χ4n) is 3.31. The summed E-state index contributed by atoms with van der Waals surface area (Å²) in [6.45, 7) is 12.5. The molecule has 0 radical (unpaired) electrons. The number of pyridine rings is 1. The number of likely N-dealkylation sites (tertiary alicyclic amines) is 1. The summed E-state index contributed by atoms with van der Waals surface area (Å²) in [5, 5.41) is 7.47. The summed E-state index contributed by atoms with van der Waals surface area (Å²) in [5.41, 5.74) is 1.41. The van der Waals surface area contributed by atoms with Crippen molar-refractivity contribution in [1.82, 2.24) is 24.5 Å². The number of ether oxygens (including phenoxy) is 1. The van der Waals surface area contributed by atoms with E-state index in [1.165, 1.54) is 10.7 Å². The predicted molar refractivity (Wildman–Crippen MR) is 113 cm³/mol. The Morgan fingerprint density at radius 3 is 2.80 bits per heavy atom. The number of amides is 1. The summed E-state index contributed by atoms with van der Waals surface area (Å²) in [7, 11) is 0. The summed E-state index contributed by atoms with van der Waals surface area (Å²) < 4.78 is 7.21. The minimum atomic E-state index is -0.145. The van der Waals surface area contributed by atoms with Crippen molar-refractivity contribution in [3.8, 4) is 5.88 Å². The first-order valence-corrected chi connectivity index (χ1v) is 10.00. The number of aromatic nitrogens is 4. The second kappa shape index (κ2) is 8.16. The molecule has 0 atom stereocenters. The lowest BCUT2D eigenvalue weighted by atomic mass is 10.2. The van der Waals surface area contributed by atoms with Crippen LogP contribution < -0.4 is 10.1 Å². The van der Waals surface area contributed by atoms with Gasteiger partial charge in [-0.1, -0.05) is 23.3 Å². The molecule has 1 N–H and O–H groups in total. The summed E-state index contributed by atoms with van der Waals surface area (Å²) >= 11 is 6.12. The van der Waals surface area contributed by atoms with E-state index >= 15 is 0 Å². The summed E-state index contributed by atoms with van der Waals surface area (Å²) in [5.74, 6) is 0.902. The molecule has 1 aliphatic rings. The van der Waals surface area contributed by atoms with Gasteiger partial charge in [-0.3, -0.25) is 4.79 Å². The van der Waals surface area contributed by atoms with E-state index in [9.17, 15) is 4.79 Å². The molecule has 1 saturated heterocycles. The van der Waals surface area contributed by atoms with Crippen LogP contribution in [0.15, 0.2) is 24.4 Å². The van der Waals surface area contributed by atoms with Crippen molar-refractivity contribution in [3.63, 3.8) is 0 Å². The van der Waals surface area contributed by atoms with Crippen LogP contribution in [0.4, 0.5) is 17.3 Å². The predicted octanol–water partition coefficient (Wildman–Crippen LogP) is 4.10. The molecule has 1 amide bonds. The van der Waals surface area contributed by atoms with Gasteiger partial charge in [-0.05, 0) is 38.8 Å². The van der Waals surface area contributed by atoms with Crippen LogP contribution in [0.25, 0.3) is 10.5 Å². The Bertz CT molecular complexity index is 1150. The number of hydrogen-bond donors (Lipinski definition) is 1. The molecular formula is C20H20ClN7O2. The molecule has 0 aromatic carbocycles. The molecule has 1 aliphatic heterocycles. The number of rotatable bonds is 5. The van der Waals surface area contributed by atoms with E-state index in [1.807, 2.05) is 18.7 Å². The quantitative estimate of drug-likeness (QED) is 0.619. The number of anilines is 2. The zero-order valence-electron chi connectivity index (χ0n) is 16.6. The fourth-order valence-corrected chi connectivity index (χ4v) is 3.49.